The molecule has 2 atom stereocenters. The molecule has 1 amide bonds. The van der Waals surface area contributed by atoms with Gasteiger partial charge in [-0.1, -0.05) is 0 Å². The molecule has 2 aromatic rings. The molecule has 2 N–H and O–H groups in total. The van der Waals surface area contributed by atoms with Gasteiger partial charge in [-0.15, -0.1) is 0 Å². The number of piperidine rings is 1. The molecule has 2 fully saturated rings. The van der Waals surface area contributed by atoms with Crippen LogP contribution in [0.25, 0.3) is 0 Å². The molecule has 1 aromatic carbocycles. The summed E-state index contributed by atoms with van der Waals surface area (Å²) in [6, 6.07) is 11.1. The van der Waals surface area contributed by atoms with Gasteiger partial charge in [0.05, 0.1) is 0 Å². The van der Waals surface area contributed by atoms with Crippen LogP contribution in [0.2, 0.25) is 0 Å². The quantitative estimate of drug-likeness (QED) is 0.762. The van der Waals surface area contributed by atoms with E-state index in [4.69, 9.17) is 0 Å². The van der Waals surface area contributed by atoms with Crippen molar-refractivity contribution < 1.29 is 4.79 Å². The third-order valence-corrected chi connectivity index (χ3v) is 6.23. The number of hydrogen-bond donors (Lipinski definition) is 2. The number of amides is 1. The van der Waals surface area contributed by atoms with Crippen LogP contribution in [0.5, 0.6) is 0 Å². The van der Waals surface area contributed by atoms with Gasteiger partial charge in [0.25, 0.3) is 0 Å². The van der Waals surface area contributed by atoms with E-state index in [1.54, 1.807) is 0 Å². The Morgan fingerprint density at radius 2 is 1.74 bits per heavy atom. The molecule has 0 aliphatic carbocycles. The topological polar surface area (TPSA) is 66.9 Å². The van der Waals surface area contributed by atoms with E-state index >= 15 is 0 Å². The molecule has 3 heterocycles. The Bertz CT molecular complexity index is 791. The standard InChI is InChI=1S/C21H26N4OS/c1-13-9-14(2)23-21(22-13)27-19-7-5-16(6-8-19)25-20(26)12-15-10-17-3-4-18(11-15)24-17/h5-9,15,17-18,24H,3-4,10-12H2,1-2H3,(H,25,26). The van der Waals surface area contributed by atoms with Crippen LogP contribution in [-0.4, -0.2) is 28.0 Å². The van der Waals surface area contributed by atoms with Crippen LogP contribution in [0.1, 0.15) is 43.5 Å². The van der Waals surface area contributed by atoms with Crippen molar-refractivity contribution in [2.24, 2.45) is 5.92 Å². The second-order valence-electron chi connectivity index (χ2n) is 7.79. The second kappa shape index (κ2) is 7.98. The van der Waals surface area contributed by atoms with Crippen molar-refractivity contribution in [3.8, 4) is 0 Å². The minimum atomic E-state index is 0.124. The summed E-state index contributed by atoms with van der Waals surface area (Å²) in [4.78, 5) is 22.4. The Kier molecular flexibility index (Phi) is 5.45. The van der Waals surface area contributed by atoms with E-state index < -0.39 is 0 Å². The number of rotatable bonds is 5. The molecule has 4 rings (SSSR count). The van der Waals surface area contributed by atoms with E-state index in [0.29, 0.717) is 24.4 Å². The van der Waals surface area contributed by atoms with Crippen LogP contribution < -0.4 is 10.6 Å². The smallest absolute Gasteiger partial charge is 0.224 e. The van der Waals surface area contributed by atoms with Crippen molar-refractivity contribution in [1.29, 1.82) is 0 Å². The molecule has 0 saturated carbocycles. The Hall–Kier alpha value is -1.92. The van der Waals surface area contributed by atoms with Crippen LogP contribution >= 0.6 is 11.8 Å². The first kappa shape index (κ1) is 18.4. The highest BCUT2D eigenvalue weighted by Crippen LogP contribution is 2.33. The lowest BCUT2D eigenvalue weighted by atomic mass is 9.89. The van der Waals surface area contributed by atoms with E-state index in [9.17, 15) is 4.79 Å². The molecular formula is C21H26N4OS. The highest BCUT2D eigenvalue weighted by molar-refractivity contribution is 7.99. The number of nitrogens with one attached hydrogen (secondary N) is 2. The maximum Gasteiger partial charge on any atom is 0.224 e. The number of carbonyl (C=O) groups is 1. The fourth-order valence-electron chi connectivity index (χ4n) is 4.27. The first-order valence-electron chi connectivity index (χ1n) is 9.69. The van der Waals surface area contributed by atoms with E-state index in [1.807, 2.05) is 44.2 Å². The van der Waals surface area contributed by atoms with Gasteiger partial charge in [-0.05, 0) is 87.5 Å². The summed E-state index contributed by atoms with van der Waals surface area (Å²) < 4.78 is 0. The number of carbonyl (C=O) groups excluding carboxylic acids is 1. The molecule has 142 valence electrons. The first-order valence-corrected chi connectivity index (χ1v) is 10.5. The Labute approximate surface area is 164 Å². The van der Waals surface area contributed by atoms with Crippen LogP contribution in [0, 0.1) is 19.8 Å². The van der Waals surface area contributed by atoms with Gasteiger partial charge >= 0.3 is 0 Å². The molecular weight excluding hydrogens is 356 g/mol. The third-order valence-electron chi connectivity index (χ3n) is 5.35. The monoisotopic (exact) mass is 382 g/mol. The number of hydrogen-bond acceptors (Lipinski definition) is 5. The van der Waals surface area contributed by atoms with Crippen molar-refractivity contribution in [2.75, 3.05) is 5.32 Å². The highest BCUT2D eigenvalue weighted by Gasteiger charge is 2.34. The lowest BCUT2D eigenvalue weighted by molar-refractivity contribution is -0.117. The summed E-state index contributed by atoms with van der Waals surface area (Å²) >= 11 is 1.54. The summed E-state index contributed by atoms with van der Waals surface area (Å²) in [5, 5.41) is 7.44. The summed E-state index contributed by atoms with van der Waals surface area (Å²) in [6.45, 7) is 3.95. The minimum absolute atomic E-state index is 0.124. The normalized spacial score (nSPS) is 24.0. The number of fused-ring (bicyclic) bond motifs is 2. The molecule has 0 radical (unpaired) electrons. The van der Waals surface area contributed by atoms with Crippen molar-refractivity contribution in [2.45, 2.75) is 68.1 Å². The third kappa shape index (κ3) is 4.87. The van der Waals surface area contributed by atoms with E-state index in [1.165, 1.54) is 24.6 Å². The number of anilines is 1. The van der Waals surface area contributed by atoms with Crippen molar-refractivity contribution in [3.05, 3.63) is 41.7 Å². The van der Waals surface area contributed by atoms with E-state index in [0.717, 1.165) is 40.0 Å². The molecule has 27 heavy (non-hydrogen) atoms. The summed E-state index contributed by atoms with van der Waals surface area (Å²) in [6.07, 6.45) is 5.44. The molecule has 0 spiro atoms. The van der Waals surface area contributed by atoms with Gasteiger partial charge in [-0.25, -0.2) is 9.97 Å². The van der Waals surface area contributed by atoms with Gasteiger partial charge in [0.2, 0.25) is 5.91 Å². The van der Waals surface area contributed by atoms with E-state index in [2.05, 4.69) is 20.6 Å². The zero-order valence-corrected chi connectivity index (χ0v) is 16.7. The summed E-state index contributed by atoms with van der Waals surface area (Å²) in [5.74, 6) is 0.639. The molecule has 2 aliphatic rings. The van der Waals surface area contributed by atoms with Gasteiger partial charge in [0.1, 0.15) is 0 Å². The molecule has 1 aromatic heterocycles. The number of aryl methyl sites for hydroxylation is 2. The Morgan fingerprint density at radius 1 is 1.11 bits per heavy atom. The van der Waals surface area contributed by atoms with Gasteiger partial charge in [-0.3, -0.25) is 4.79 Å². The van der Waals surface area contributed by atoms with Gasteiger partial charge in [-0.2, -0.15) is 0 Å². The average molecular weight is 383 g/mol. The minimum Gasteiger partial charge on any atom is -0.326 e. The molecule has 5 nitrogen and oxygen atoms in total. The maximum atomic E-state index is 12.4. The predicted molar refractivity (Wildman–Crippen MR) is 108 cm³/mol. The SMILES string of the molecule is Cc1cc(C)nc(Sc2ccc(NC(=O)CC3CC4CCC(C3)N4)cc2)n1. The molecule has 2 bridgehead atoms. The Balaban J connectivity index is 1.31. The lowest BCUT2D eigenvalue weighted by Gasteiger charge is -2.28. The van der Waals surface area contributed by atoms with Gasteiger partial charge in [0.15, 0.2) is 5.16 Å². The van der Waals surface area contributed by atoms with Crippen LogP contribution in [0.4, 0.5) is 5.69 Å². The molecule has 2 aliphatic heterocycles. The average Bonchev–Trinajstić information content (AvgIpc) is 2.94. The first-order chi connectivity index (χ1) is 13.0. The molecule has 2 unspecified atom stereocenters. The summed E-state index contributed by atoms with van der Waals surface area (Å²) in [5.41, 5.74) is 2.79. The fourth-order valence-corrected chi connectivity index (χ4v) is 5.13. The summed E-state index contributed by atoms with van der Waals surface area (Å²) in [7, 11) is 0. The predicted octanol–water partition coefficient (Wildman–Crippen LogP) is 4.10. The second-order valence-corrected chi connectivity index (χ2v) is 8.83. The van der Waals surface area contributed by atoms with Crippen LogP contribution in [0.3, 0.4) is 0 Å². The van der Waals surface area contributed by atoms with Crippen molar-refractivity contribution >= 4 is 23.4 Å². The number of aromatic nitrogens is 2. The van der Waals surface area contributed by atoms with E-state index in [-0.39, 0.29) is 5.91 Å². The van der Waals surface area contributed by atoms with Crippen LogP contribution in [-0.2, 0) is 4.79 Å². The highest BCUT2D eigenvalue weighted by atomic mass is 32.2. The molecule has 6 heteroatoms. The van der Waals surface area contributed by atoms with Crippen molar-refractivity contribution in [1.82, 2.24) is 15.3 Å². The van der Waals surface area contributed by atoms with Crippen molar-refractivity contribution in [3.63, 3.8) is 0 Å². The van der Waals surface area contributed by atoms with Crippen LogP contribution in [0.15, 0.2) is 40.4 Å². The number of nitrogens with zero attached hydrogens (tertiary/aromatic N) is 2. The lowest BCUT2D eigenvalue weighted by Crippen LogP contribution is -2.39. The molecule has 2 saturated heterocycles. The van der Waals surface area contributed by atoms with Gasteiger partial charge in [0, 0.05) is 40.5 Å². The van der Waals surface area contributed by atoms with Gasteiger partial charge < -0.3 is 10.6 Å². The largest absolute Gasteiger partial charge is 0.326 e. The zero-order chi connectivity index (χ0) is 18.8. The Morgan fingerprint density at radius 3 is 2.37 bits per heavy atom. The number of benzene rings is 1. The maximum absolute atomic E-state index is 12.4. The zero-order valence-electron chi connectivity index (χ0n) is 15.9. The fraction of sp³-hybridized carbons (Fsp3) is 0.476.